The summed E-state index contributed by atoms with van der Waals surface area (Å²) in [7, 11) is 0. The van der Waals surface area contributed by atoms with Crippen LogP contribution in [-0.2, 0) is 4.79 Å². The molecule has 0 aliphatic heterocycles. The number of aromatic amines is 1. The molecule has 0 spiro atoms. The number of primary amides is 1. The number of benzene rings is 1. The lowest BCUT2D eigenvalue weighted by atomic mass is 10.2. The Labute approximate surface area is 155 Å². The molecule has 7 nitrogen and oxygen atoms in total. The molecule has 0 atom stereocenters. The van der Waals surface area contributed by atoms with Crippen LogP contribution in [0.2, 0.25) is 0 Å². The molecule has 4 N–H and O–H groups in total. The van der Waals surface area contributed by atoms with Gasteiger partial charge in [0.1, 0.15) is 11.4 Å². The number of nitrogens with two attached hydrogens (primary N) is 1. The Bertz CT molecular complexity index is 904. The fraction of sp³-hybridized carbons (Fsp3) is 0.0625. The van der Waals surface area contributed by atoms with E-state index in [1.807, 2.05) is 12.1 Å². The van der Waals surface area contributed by atoms with Crippen LogP contribution in [0.25, 0.3) is 11.3 Å². The number of nitrogens with one attached hydrogen (secondary N) is 2. The Balaban J connectivity index is 1.57. The Kier molecular flexibility index (Phi) is 5.15. The molecule has 0 radical (unpaired) electrons. The number of rotatable bonds is 6. The van der Waals surface area contributed by atoms with Gasteiger partial charge in [-0.05, 0) is 30.3 Å². The molecule has 0 saturated carbocycles. The van der Waals surface area contributed by atoms with E-state index in [2.05, 4.69) is 31.2 Å². The first kappa shape index (κ1) is 17.2. The van der Waals surface area contributed by atoms with E-state index in [1.54, 1.807) is 29.8 Å². The Morgan fingerprint density at radius 2 is 2.08 bits per heavy atom. The molecule has 0 aliphatic carbocycles. The number of hydrogen-bond acceptors (Lipinski definition) is 5. The maximum Gasteiger partial charge on any atom is 0.265 e. The topological polar surface area (TPSA) is 110 Å². The monoisotopic (exact) mass is 420 g/mol. The zero-order chi connectivity index (χ0) is 17.8. The number of thiazole rings is 1. The van der Waals surface area contributed by atoms with Gasteiger partial charge in [0.25, 0.3) is 11.8 Å². The molecule has 0 bridgehead atoms. The standard InChI is InChI=1S/C16H13BrN4O3S/c17-10-1-3-11(4-2-10)24-7-14(22)21-16-20-13(8-25-16)9-5-12(15(18)23)19-6-9/h1-6,8,19H,7H2,(H2,18,23)(H,20,21,22). The second-order valence-corrected chi connectivity index (χ2v) is 6.77. The molecule has 2 aromatic heterocycles. The highest BCUT2D eigenvalue weighted by Crippen LogP contribution is 2.25. The fourth-order valence-electron chi connectivity index (χ4n) is 1.98. The quantitative estimate of drug-likeness (QED) is 0.568. The summed E-state index contributed by atoms with van der Waals surface area (Å²) in [6, 6.07) is 8.80. The number of aromatic nitrogens is 2. The van der Waals surface area contributed by atoms with E-state index in [0.29, 0.717) is 22.3 Å². The largest absolute Gasteiger partial charge is 0.484 e. The second-order valence-electron chi connectivity index (χ2n) is 4.99. The lowest BCUT2D eigenvalue weighted by Crippen LogP contribution is -2.20. The van der Waals surface area contributed by atoms with Crippen molar-refractivity contribution < 1.29 is 14.3 Å². The van der Waals surface area contributed by atoms with Crippen LogP contribution in [0.15, 0.2) is 46.4 Å². The van der Waals surface area contributed by atoms with E-state index in [1.165, 1.54) is 11.3 Å². The average Bonchev–Trinajstić information content (AvgIpc) is 3.23. The summed E-state index contributed by atoms with van der Waals surface area (Å²) in [4.78, 5) is 30.1. The SMILES string of the molecule is NC(=O)c1cc(-c2csc(NC(=O)COc3ccc(Br)cc3)n2)c[nH]1. The van der Waals surface area contributed by atoms with Gasteiger partial charge in [-0.2, -0.15) is 0 Å². The van der Waals surface area contributed by atoms with E-state index < -0.39 is 5.91 Å². The van der Waals surface area contributed by atoms with Gasteiger partial charge >= 0.3 is 0 Å². The van der Waals surface area contributed by atoms with Crippen LogP contribution < -0.4 is 15.8 Å². The first-order valence-electron chi connectivity index (χ1n) is 7.13. The van der Waals surface area contributed by atoms with Crippen LogP contribution in [0.3, 0.4) is 0 Å². The summed E-state index contributed by atoms with van der Waals surface area (Å²) < 4.78 is 6.34. The van der Waals surface area contributed by atoms with Crippen molar-refractivity contribution in [3.05, 3.63) is 52.1 Å². The van der Waals surface area contributed by atoms with E-state index >= 15 is 0 Å². The normalized spacial score (nSPS) is 10.4. The number of carbonyl (C=O) groups excluding carboxylic acids is 2. The number of H-pyrrole nitrogens is 1. The first-order valence-corrected chi connectivity index (χ1v) is 8.81. The summed E-state index contributed by atoms with van der Waals surface area (Å²) in [5, 5.41) is 4.90. The maximum atomic E-state index is 11.9. The van der Waals surface area contributed by atoms with Crippen molar-refractivity contribution in [2.75, 3.05) is 11.9 Å². The van der Waals surface area contributed by atoms with Crippen molar-refractivity contribution >= 4 is 44.2 Å². The molecular weight excluding hydrogens is 408 g/mol. The predicted octanol–water partition coefficient (Wildman–Crippen LogP) is 3.02. The number of carbonyl (C=O) groups is 2. The summed E-state index contributed by atoms with van der Waals surface area (Å²) in [6.45, 7) is -0.119. The molecule has 0 aliphatic rings. The molecule has 2 heterocycles. The third-order valence-electron chi connectivity index (χ3n) is 3.18. The van der Waals surface area contributed by atoms with Gasteiger partial charge < -0.3 is 15.5 Å². The Morgan fingerprint density at radius 3 is 2.76 bits per heavy atom. The van der Waals surface area contributed by atoms with E-state index in [0.717, 1.165) is 10.0 Å². The molecule has 0 unspecified atom stereocenters. The van der Waals surface area contributed by atoms with Crippen LogP contribution in [-0.4, -0.2) is 28.4 Å². The summed E-state index contributed by atoms with van der Waals surface area (Å²) >= 11 is 4.61. The minimum absolute atomic E-state index is 0.119. The van der Waals surface area contributed by atoms with Crippen molar-refractivity contribution in [3.63, 3.8) is 0 Å². The molecular formula is C16H13BrN4O3S. The molecule has 128 valence electrons. The summed E-state index contributed by atoms with van der Waals surface area (Å²) in [6.07, 6.45) is 1.64. The van der Waals surface area contributed by atoms with Crippen molar-refractivity contribution in [1.29, 1.82) is 0 Å². The number of halogens is 1. The van der Waals surface area contributed by atoms with Crippen LogP contribution in [0.4, 0.5) is 5.13 Å². The zero-order valence-corrected chi connectivity index (χ0v) is 15.2. The van der Waals surface area contributed by atoms with Gasteiger partial charge in [-0.3, -0.25) is 14.9 Å². The minimum Gasteiger partial charge on any atom is -0.484 e. The van der Waals surface area contributed by atoms with Gasteiger partial charge in [-0.25, -0.2) is 4.98 Å². The van der Waals surface area contributed by atoms with Gasteiger partial charge in [0, 0.05) is 21.6 Å². The van der Waals surface area contributed by atoms with E-state index in [4.69, 9.17) is 10.5 Å². The fourth-order valence-corrected chi connectivity index (χ4v) is 2.98. The molecule has 3 aromatic rings. The molecule has 2 amide bonds. The smallest absolute Gasteiger partial charge is 0.265 e. The van der Waals surface area contributed by atoms with Gasteiger partial charge in [0.2, 0.25) is 0 Å². The van der Waals surface area contributed by atoms with Gasteiger partial charge in [-0.1, -0.05) is 15.9 Å². The van der Waals surface area contributed by atoms with Crippen LogP contribution in [0.1, 0.15) is 10.5 Å². The predicted molar refractivity (Wildman–Crippen MR) is 98.7 cm³/mol. The molecule has 0 saturated heterocycles. The third kappa shape index (κ3) is 4.46. The number of nitrogens with zero attached hydrogens (tertiary/aromatic N) is 1. The highest BCUT2D eigenvalue weighted by Gasteiger charge is 2.11. The molecule has 3 rings (SSSR count). The Hall–Kier alpha value is -2.65. The highest BCUT2D eigenvalue weighted by molar-refractivity contribution is 9.10. The summed E-state index contributed by atoms with van der Waals surface area (Å²) in [5.74, 6) is -0.250. The zero-order valence-electron chi connectivity index (χ0n) is 12.8. The number of amides is 2. The van der Waals surface area contributed by atoms with Crippen molar-refractivity contribution in [2.24, 2.45) is 5.73 Å². The average molecular weight is 421 g/mol. The number of anilines is 1. The van der Waals surface area contributed by atoms with Crippen LogP contribution in [0, 0.1) is 0 Å². The lowest BCUT2D eigenvalue weighted by Gasteiger charge is -2.05. The molecule has 25 heavy (non-hydrogen) atoms. The Morgan fingerprint density at radius 1 is 1.32 bits per heavy atom. The number of hydrogen-bond donors (Lipinski definition) is 3. The summed E-state index contributed by atoms with van der Waals surface area (Å²) in [5.41, 5.74) is 6.86. The van der Waals surface area contributed by atoms with E-state index in [9.17, 15) is 9.59 Å². The van der Waals surface area contributed by atoms with Gasteiger partial charge in [-0.15, -0.1) is 11.3 Å². The van der Waals surface area contributed by atoms with Crippen LogP contribution in [0.5, 0.6) is 5.75 Å². The van der Waals surface area contributed by atoms with Crippen molar-refractivity contribution in [1.82, 2.24) is 9.97 Å². The maximum absolute atomic E-state index is 11.9. The van der Waals surface area contributed by atoms with Gasteiger partial charge in [0.15, 0.2) is 11.7 Å². The minimum atomic E-state index is -0.542. The lowest BCUT2D eigenvalue weighted by molar-refractivity contribution is -0.118. The molecule has 0 fully saturated rings. The third-order valence-corrected chi connectivity index (χ3v) is 4.46. The highest BCUT2D eigenvalue weighted by atomic mass is 79.9. The number of ether oxygens (including phenoxy) is 1. The van der Waals surface area contributed by atoms with E-state index in [-0.39, 0.29) is 12.5 Å². The first-order chi connectivity index (χ1) is 12.0. The molecule has 1 aromatic carbocycles. The second kappa shape index (κ2) is 7.49. The van der Waals surface area contributed by atoms with Crippen molar-refractivity contribution in [3.8, 4) is 17.0 Å². The van der Waals surface area contributed by atoms with Crippen molar-refractivity contribution in [2.45, 2.75) is 0 Å². The van der Waals surface area contributed by atoms with Crippen LogP contribution >= 0.6 is 27.3 Å². The van der Waals surface area contributed by atoms with Gasteiger partial charge in [0.05, 0.1) is 5.69 Å². The molecule has 9 heteroatoms.